The highest BCUT2D eigenvalue weighted by molar-refractivity contribution is 5.78. The van der Waals surface area contributed by atoms with E-state index in [1.807, 2.05) is 12.3 Å². The van der Waals surface area contributed by atoms with Crippen LogP contribution >= 0.6 is 0 Å². The molecule has 1 aromatic rings. The lowest BCUT2D eigenvalue weighted by Gasteiger charge is -2.17. The SMILES string of the molecule is NC(=O)C1CCN(c2ccc(CNC3CC3)cn2)C1. The van der Waals surface area contributed by atoms with Crippen LogP contribution in [0.1, 0.15) is 24.8 Å². The zero-order chi connectivity index (χ0) is 13.2. The van der Waals surface area contributed by atoms with Gasteiger partial charge in [-0.05, 0) is 30.9 Å². The Bertz CT molecular complexity index is 455. The summed E-state index contributed by atoms with van der Waals surface area (Å²) in [5.41, 5.74) is 6.55. The highest BCUT2D eigenvalue weighted by Crippen LogP contribution is 2.22. The van der Waals surface area contributed by atoms with Crippen LogP contribution in [-0.4, -0.2) is 30.0 Å². The highest BCUT2D eigenvalue weighted by Gasteiger charge is 2.27. The van der Waals surface area contributed by atoms with Crippen LogP contribution in [0.3, 0.4) is 0 Å². The highest BCUT2D eigenvalue weighted by atomic mass is 16.1. The number of rotatable bonds is 5. The fourth-order valence-corrected chi connectivity index (χ4v) is 2.46. The molecule has 3 N–H and O–H groups in total. The summed E-state index contributed by atoms with van der Waals surface area (Å²) in [6.45, 7) is 2.45. The summed E-state index contributed by atoms with van der Waals surface area (Å²) in [6, 6.07) is 4.86. The van der Waals surface area contributed by atoms with Gasteiger partial charge in [0.05, 0.1) is 5.92 Å². The molecule has 0 radical (unpaired) electrons. The molecule has 1 amide bonds. The first-order valence-corrected chi connectivity index (χ1v) is 6.95. The third-order valence-electron chi connectivity index (χ3n) is 3.90. The second-order valence-corrected chi connectivity index (χ2v) is 5.51. The molecular formula is C14H20N4O. The number of pyridine rings is 1. The number of primary amides is 1. The Labute approximate surface area is 113 Å². The van der Waals surface area contributed by atoms with E-state index < -0.39 is 0 Å². The van der Waals surface area contributed by atoms with Crippen LogP contribution < -0.4 is 16.0 Å². The zero-order valence-electron chi connectivity index (χ0n) is 11.0. The van der Waals surface area contributed by atoms with Gasteiger partial charge >= 0.3 is 0 Å². The molecule has 1 aliphatic heterocycles. The third kappa shape index (κ3) is 3.04. The lowest BCUT2D eigenvalue weighted by Crippen LogP contribution is -2.27. The van der Waals surface area contributed by atoms with Crippen molar-refractivity contribution in [2.45, 2.75) is 31.8 Å². The van der Waals surface area contributed by atoms with Crippen molar-refractivity contribution in [3.05, 3.63) is 23.9 Å². The molecule has 1 saturated heterocycles. The molecule has 102 valence electrons. The summed E-state index contributed by atoms with van der Waals surface area (Å²) in [6.07, 6.45) is 5.35. The van der Waals surface area contributed by atoms with Gasteiger partial charge in [-0.2, -0.15) is 0 Å². The average Bonchev–Trinajstić information content (AvgIpc) is 3.11. The summed E-state index contributed by atoms with van der Waals surface area (Å²) >= 11 is 0. The van der Waals surface area contributed by atoms with Crippen LogP contribution in [0.5, 0.6) is 0 Å². The van der Waals surface area contributed by atoms with Crippen LogP contribution in [0.2, 0.25) is 0 Å². The van der Waals surface area contributed by atoms with Crippen molar-refractivity contribution in [2.75, 3.05) is 18.0 Å². The van der Waals surface area contributed by atoms with Crippen molar-refractivity contribution in [1.82, 2.24) is 10.3 Å². The first-order chi connectivity index (χ1) is 9.22. The van der Waals surface area contributed by atoms with Crippen LogP contribution in [0.4, 0.5) is 5.82 Å². The molecule has 3 rings (SSSR count). The van der Waals surface area contributed by atoms with E-state index in [2.05, 4.69) is 21.3 Å². The molecular weight excluding hydrogens is 240 g/mol. The Morgan fingerprint density at radius 1 is 1.42 bits per heavy atom. The number of hydrogen-bond donors (Lipinski definition) is 2. The number of aromatic nitrogens is 1. The Hall–Kier alpha value is -1.62. The minimum absolute atomic E-state index is 0.0296. The van der Waals surface area contributed by atoms with Crippen molar-refractivity contribution >= 4 is 11.7 Å². The predicted octanol–water partition coefficient (Wildman–Crippen LogP) is 0.645. The van der Waals surface area contributed by atoms with E-state index in [0.717, 1.165) is 31.4 Å². The number of nitrogens with zero attached hydrogens (tertiary/aromatic N) is 2. The molecule has 1 aromatic heterocycles. The largest absolute Gasteiger partial charge is 0.369 e. The minimum atomic E-state index is -0.201. The van der Waals surface area contributed by atoms with Gasteiger partial charge in [0, 0.05) is 31.9 Å². The van der Waals surface area contributed by atoms with Crippen molar-refractivity contribution in [3.8, 4) is 0 Å². The van der Waals surface area contributed by atoms with E-state index >= 15 is 0 Å². The Kier molecular flexibility index (Phi) is 3.38. The fraction of sp³-hybridized carbons (Fsp3) is 0.571. The molecule has 1 saturated carbocycles. The maximum Gasteiger partial charge on any atom is 0.222 e. The Morgan fingerprint density at radius 3 is 2.84 bits per heavy atom. The lowest BCUT2D eigenvalue weighted by molar-refractivity contribution is -0.121. The first kappa shape index (κ1) is 12.4. The molecule has 2 aliphatic rings. The summed E-state index contributed by atoms with van der Waals surface area (Å²) < 4.78 is 0. The van der Waals surface area contributed by atoms with Crippen molar-refractivity contribution < 1.29 is 4.79 Å². The topological polar surface area (TPSA) is 71.2 Å². The molecule has 2 fully saturated rings. The molecule has 5 heteroatoms. The van der Waals surface area contributed by atoms with Crippen LogP contribution in [0.25, 0.3) is 0 Å². The van der Waals surface area contributed by atoms with Gasteiger partial charge in [0.15, 0.2) is 0 Å². The second kappa shape index (κ2) is 5.17. The Morgan fingerprint density at radius 2 is 2.26 bits per heavy atom. The van der Waals surface area contributed by atoms with E-state index in [1.165, 1.54) is 18.4 Å². The lowest BCUT2D eigenvalue weighted by atomic mass is 10.1. The van der Waals surface area contributed by atoms with Gasteiger partial charge in [0.2, 0.25) is 5.91 Å². The van der Waals surface area contributed by atoms with Gasteiger partial charge in [-0.3, -0.25) is 4.79 Å². The van der Waals surface area contributed by atoms with Gasteiger partial charge in [-0.1, -0.05) is 6.07 Å². The summed E-state index contributed by atoms with van der Waals surface area (Å²) in [4.78, 5) is 17.8. The molecule has 5 nitrogen and oxygen atoms in total. The van der Waals surface area contributed by atoms with E-state index in [4.69, 9.17) is 5.73 Å². The van der Waals surface area contributed by atoms with Crippen LogP contribution in [-0.2, 0) is 11.3 Å². The fourth-order valence-electron chi connectivity index (χ4n) is 2.46. The number of nitrogens with one attached hydrogen (secondary N) is 1. The number of hydrogen-bond acceptors (Lipinski definition) is 4. The molecule has 1 aliphatic carbocycles. The normalized spacial score (nSPS) is 22.7. The summed E-state index contributed by atoms with van der Waals surface area (Å²) in [5, 5.41) is 3.47. The number of carbonyl (C=O) groups is 1. The number of anilines is 1. The number of amides is 1. The van der Waals surface area contributed by atoms with Gasteiger partial charge < -0.3 is 16.0 Å². The van der Waals surface area contributed by atoms with E-state index in [1.54, 1.807) is 0 Å². The smallest absolute Gasteiger partial charge is 0.222 e. The van der Waals surface area contributed by atoms with E-state index in [0.29, 0.717) is 6.54 Å². The van der Waals surface area contributed by atoms with Gasteiger partial charge in [0.25, 0.3) is 0 Å². The van der Waals surface area contributed by atoms with E-state index in [9.17, 15) is 4.79 Å². The van der Waals surface area contributed by atoms with Gasteiger partial charge in [-0.25, -0.2) is 4.98 Å². The third-order valence-corrected chi connectivity index (χ3v) is 3.90. The molecule has 0 bridgehead atoms. The standard InChI is InChI=1S/C14H20N4O/c15-14(19)11-5-6-18(9-11)13-4-1-10(8-17-13)7-16-12-2-3-12/h1,4,8,11-12,16H,2-3,5-7,9H2,(H2,15,19). The molecule has 0 spiro atoms. The average molecular weight is 260 g/mol. The van der Waals surface area contributed by atoms with Crippen molar-refractivity contribution in [3.63, 3.8) is 0 Å². The van der Waals surface area contributed by atoms with Gasteiger partial charge in [0.1, 0.15) is 5.82 Å². The molecule has 2 heterocycles. The number of carbonyl (C=O) groups excluding carboxylic acids is 1. The summed E-state index contributed by atoms with van der Waals surface area (Å²) in [7, 11) is 0. The van der Waals surface area contributed by atoms with Crippen molar-refractivity contribution in [2.24, 2.45) is 11.7 Å². The van der Waals surface area contributed by atoms with Crippen molar-refractivity contribution in [1.29, 1.82) is 0 Å². The molecule has 0 aromatic carbocycles. The first-order valence-electron chi connectivity index (χ1n) is 6.95. The monoisotopic (exact) mass is 260 g/mol. The molecule has 1 atom stereocenters. The molecule has 1 unspecified atom stereocenters. The van der Waals surface area contributed by atoms with E-state index in [-0.39, 0.29) is 11.8 Å². The zero-order valence-corrected chi connectivity index (χ0v) is 11.0. The second-order valence-electron chi connectivity index (χ2n) is 5.51. The summed E-state index contributed by atoms with van der Waals surface area (Å²) in [5.74, 6) is 0.713. The predicted molar refractivity (Wildman–Crippen MR) is 73.6 cm³/mol. The maximum absolute atomic E-state index is 11.2. The Balaban J connectivity index is 1.57. The quantitative estimate of drug-likeness (QED) is 0.815. The van der Waals surface area contributed by atoms with Crippen LogP contribution in [0.15, 0.2) is 18.3 Å². The minimum Gasteiger partial charge on any atom is -0.369 e. The molecule has 19 heavy (non-hydrogen) atoms. The maximum atomic E-state index is 11.2. The number of nitrogens with two attached hydrogens (primary N) is 1. The van der Waals surface area contributed by atoms with Crippen LogP contribution in [0, 0.1) is 5.92 Å². The van der Waals surface area contributed by atoms with Gasteiger partial charge in [-0.15, -0.1) is 0 Å².